The Morgan fingerprint density at radius 1 is 1.03 bits per heavy atom. The van der Waals surface area contributed by atoms with Crippen molar-refractivity contribution in [2.45, 2.75) is 46.3 Å². The van der Waals surface area contributed by atoms with Gasteiger partial charge < -0.3 is 10.1 Å². The predicted octanol–water partition coefficient (Wildman–Crippen LogP) is 7.37. The zero-order chi connectivity index (χ0) is 25.0. The Kier molecular flexibility index (Phi) is 7.64. The number of esters is 1. The molecule has 0 radical (unpaired) electrons. The van der Waals surface area contributed by atoms with Crippen molar-refractivity contribution in [3.05, 3.63) is 82.7 Å². The number of methoxy groups -OCH3 is 1. The standard InChI is InChI=1S/C27H29F3N2O2/c1-16(2)12-24(23-11-8-20(15-31-23)26(33)34-5)32-22-13-17(3)25(18(4)14-22)19-6-9-21(10-7-19)27(28,29)30/h6-11,13-16,24,32H,12H2,1-5H3. The molecule has 3 aromatic rings. The highest BCUT2D eigenvalue weighted by atomic mass is 19.4. The molecule has 1 N–H and O–H groups in total. The topological polar surface area (TPSA) is 51.2 Å². The van der Waals surface area contributed by atoms with E-state index >= 15 is 0 Å². The first-order valence-corrected chi connectivity index (χ1v) is 11.1. The van der Waals surface area contributed by atoms with Gasteiger partial charge in [0.15, 0.2) is 0 Å². The quantitative estimate of drug-likeness (QED) is 0.366. The van der Waals surface area contributed by atoms with Crippen LogP contribution in [0.15, 0.2) is 54.7 Å². The Morgan fingerprint density at radius 2 is 1.65 bits per heavy atom. The fraction of sp³-hybridized carbons (Fsp3) is 0.333. The Morgan fingerprint density at radius 3 is 2.12 bits per heavy atom. The molecule has 1 aromatic heterocycles. The number of ether oxygens (including phenoxy) is 1. The van der Waals surface area contributed by atoms with E-state index in [0.29, 0.717) is 11.5 Å². The number of carbonyl (C=O) groups excluding carboxylic acids is 1. The molecule has 1 unspecified atom stereocenters. The van der Waals surface area contributed by atoms with Gasteiger partial charge >= 0.3 is 12.1 Å². The van der Waals surface area contributed by atoms with E-state index in [1.165, 1.54) is 25.4 Å². The first-order valence-electron chi connectivity index (χ1n) is 11.1. The van der Waals surface area contributed by atoms with Crippen molar-refractivity contribution in [1.29, 1.82) is 0 Å². The third kappa shape index (κ3) is 5.95. The number of rotatable bonds is 7. The normalized spacial score (nSPS) is 12.5. The number of nitrogens with one attached hydrogen (secondary N) is 1. The molecule has 4 nitrogen and oxygen atoms in total. The highest BCUT2D eigenvalue weighted by Gasteiger charge is 2.30. The summed E-state index contributed by atoms with van der Waals surface area (Å²) in [5.41, 5.74) is 5.01. The minimum Gasteiger partial charge on any atom is -0.465 e. The van der Waals surface area contributed by atoms with Gasteiger partial charge in [-0.25, -0.2) is 4.79 Å². The van der Waals surface area contributed by atoms with Crippen LogP contribution in [0.4, 0.5) is 18.9 Å². The number of pyridine rings is 1. The van der Waals surface area contributed by atoms with Gasteiger partial charge in [0.05, 0.1) is 30.0 Å². The molecule has 0 amide bonds. The van der Waals surface area contributed by atoms with E-state index in [0.717, 1.165) is 52.2 Å². The molecule has 0 aliphatic carbocycles. The van der Waals surface area contributed by atoms with Crippen molar-refractivity contribution in [1.82, 2.24) is 4.98 Å². The molecule has 180 valence electrons. The molecule has 0 saturated heterocycles. The molecule has 0 aliphatic rings. The molecular weight excluding hydrogens is 441 g/mol. The van der Waals surface area contributed by atoms with Crippen LogP contribution in [0.3, 0.4) is 0 Å². The van der Waals surface area contributed by atoms with Crippen LogP contribution in [0.2, 0.25) is 0 Å². The highest BCUT2D eigenvalue weighted by molar-refractivity contribution is 5.88. The lowest BCUT2D eigenvalue weighted by molar-refractivity contribution is -0.137. The molecule has 0 aliphatic heterocycles. The maximum atomic E-state index is 12.9. The van der Waals surface area contributed by atoms with Gasteiger partial charge in [0.1, 0.15) is 0 Å². The smallest absolute Gasteiger partial charge is 0.416 e. The summed E-state index contributed by atoms with van der Waals surface area (Å²) in [4.78, 5) is 16.2. The number of aromatic nitrogens is 1. The van der Waals surface area contributed by atoms with Gasteiger partial charge in [-0.1, -0.05) is 26.0 Å². The number of halogens is 3. The summed E-state index contributed by atoms with van der Waals surface area (Å²) < 4.78 is 43.5. The third-order valence-corrected chi connectivity index (χ3v) is 5.65. The summed E-state index contributed by atoms with van der Waals surface area (Å²) in [6.07, 6.45) is -2.02. The molecule has 0 bridgehead atoms. The van der Waals surface area contributed by atoms with E-state index in [-0.39, 0.29) is 6.04 Å². The monoisotopic (exact) mass is 470 g/mol. The molecule has 0 fully saturated rings. The van der Waals surface area contributed by atoms with Crippen LogP contribution < -0.4 is 5.32 Å². The first kappa shape index (κ1) is 25.3. The zero-order valence-electron chi connectivity index (χ0n) is 20.0. The number of alkyl halides is 3. The summed E-state index contributed by atoms with van der Waals surface area (Å²) in [6, 6.07) is 12.7. The van der Waals surface area contributed by atoms with Gasteiger partial charge in [-0.15, -0.1) is 0 Å². The molecule has 3 rings (SSSR count). The molecular formula is C27H29F3N2O2. The summed E-state index contributed by atoms with van der Waals surface area (Å²) in [6.45, 7) is 8.15. The van der Waals surface area contributed by atoms with Crippen LogP contribution in [0, 0.1) is 19.8 Å². The van der Waals surface area contributed by atoms with E-state index in [2.05, 4.69) is 24.1 Å². The third-order valence-electron chi connectivity index (χ3n) is 5.65. The van der Waals surface area contributed by atoms with E-state index in [1.54, 1.807) is 6.07 Å². The maximum Gasteiger partial charge on any atom is 0.416 e. The average molecular weight is 471 g/mol. The number of nitrogens with zero attached hydrogens (tertiary/aromatic N) is 1. The fourth-order valence-corrected chi connectivity index (χ4v) is 4.10. The van der Waals surface area contributed by atoms with Crippen molar-refractivity contribution < 1.29 is 22.7 Å². The van der Waals surface area contributed by atoms with Gasteiger partial charge in [-0.05, 0) is 84.8 Å². The van der Waals surface area contributed by atoms with Gasteiger partial charge in [0.25, 0.3) is 0 Å². The number of anilines is 1. The second-order valence-electron chi connectivity index (χ2n) is 8.85. The Hall–Kier alpha value is -3.35. The largest absolute Gasteiger partial charge is 0.465 e. The van der Waals surface area contributed by atoms with Crippen molar-refractivity contribution in [2.24, 2.45) is 5.92 Å². The second kappa shape index (κ2) is 10.3. The minimum absolute atomic E-state index is 0.0811. The number of carbonyl (C=O) groups is 1. The van der Waals surface area contributed by atoms with Crippen molar-refractivity contribution in [3.63, 3.8) is 0 Å². The molecule has 7 heteroatoms. The predicted molar refractivity (Wildman–Crippen MR) is 128 cm³/mol. The second-order valence-corrected chi connectivity index (χ2v) is 8.85. The summed E-state index contributed by atoms with van der Waals surface area (Å²) in [7, 11) is 1.33. The fourth-order valence-electron chi connectivity index (χ4n) is 4.10. The summed E-state index contributed by atoms with van der Waals surface area (Å²) in [5, 5.41) is 3.55. The van der Waals surface area contributed by atoms with Gasteiger partial charge in [0, 0.05) is 11.9 Å². The Balaban J connectivity index is 1.89. The van der Waals surface area contributed by atoms with Crippen LogP contribution in [0.1, 0.15) is 59.1 Å². The van der Waals surface area contributed by atoms with Crippen LogP contribution in [-0.4, -0.2) is 18.1 Å². The van der Waals surface area contributed by atoms with Gasteiger partial charge in [-0.3, -0.25) is 4.98 Å². The van der Waals surface area contributed by atoms with E-state index in [4.69, 9.17) is 4.74 Å². The summed E-state index contributed by atoms with van der Waals surface area (Å²) in [5.74, 6) is -0.0364. The Bertz CT molecular complexity index is 1120. The van der Waals surface area contributed by atoms with E-state index in [9.17, 15) is 18.0 Å². The molecule has 0 spiro atoms. The lowest BCUT2D eigenvalue weighted by atomic mass is 9.93. The van der Waals surface area contributed by atoms with Crippen molar-refractivity contribution >= 4 is 11.7 Å². The van der Waals surface area contributed by atoms with E-state index in [1.807, 2.05) is 32.0 Å². The van der Waals surface area contributed by atoms with Crippen LogP contribution >= 0.6 is 0 Å². The molecule has 0 saturated carbocycles. The number of hydrogen-bond acceptors (Lipinski definition) is 4. The SMILES string of the molecule is COC(=O)c1ccc(C(CC(C)C)Nc2cc(C)c(-c3ccc(C(F)(F)F)cc3)c(C)c2)nc1. The molecule has 1 atom stereocenters. The lowest BCUT2D eigenvalue weighted by Gasteiger charge is -2.23. The van der Waals surface area contributed by atoms with Gasteiger partial charge in [-0.2, -0.15) is 13.2 Å². The molecule has 34 heavy (non-hydrogen) atoms. The zero-order valence-corrected chi connectivity index (χ0v) is 20.0. The average Bonchev–Trinajstić information content (AvgIpc) is 2.77. The van der Waals surface area contributed by atoms with E-state index < -0.39 is 17.7 Å². The minimum atomic E-state index is -4.36. The summed E-state index contributed by atoms with van der Waals surface area (Å²) >= 11 is 0. The lowest BCUT2D eigenvalue weighted by Crippen LogP contribution is -2.15. The van der Waals surface area contributed by atoms with Crippen LogP contribution in [-0.2, 0) is 10.9 Å². The van der Waals surface area contributed by atoms with Gasteiger partial charge in [0.2, 0.25) is 0 Å². The van der Waals surface area contributed by atoms with Crippen molar-refractivity contribution in [3.8, 4) is 11.1 Å². The highest BCUT2D eigenvalue weighted by Crippen LogP contribution is 2.35. The van der Waals surface area contributed by atoms with Crippen LogP contribution in [0.25, 0.3) is 11.1 Å². The number of aryl methyl sites for hydroxylation is 2. The Labute approximate surface area is 198 Å². The van der Waals surface area contributed by atoms with Crippen molar-refractivity contribution in [2.75, 3.05) is 12.4 Å². The molecule has 2 aromatic carbocycles. The molecule has 1 heterocycles. The maximum absolute atomic E-state index is 12.9. The first-order chi connectivity index (χ1) is 16.0. The van der Waals surface area contributed by atoms with Crippen LogP contribution in [0.5, 0.6) is 0 Å². The number of benzene rings is 2. The number of hydrogen-bond donors (Lipinski definition) is 1.